The molecule has 0 aromatic rings. The number of esters is 1. The minimum absolute atomic E-state index is 0.198. The van der Waals surface area contributed by atoms with Gasteiger partial charge in [0.1, 0.15) is 36.7 Å². The normalized spacial score (nSPS) is 28.3. The van der Waals surface area contributed by atoms with Crippen LogP contribution in [0.1, 0.15) is 13.8 Å². The van der Waals surface area contributed by atoms with E-state index < -0.39 is 72.9 Å². The fraction of sp³-hybridized carbons (Fsp3) is 0.765. The quantitative estimate of drug-likeness (QED) is 0.278. The molecule has 0 aromatic carbocycles. The molecule has 0 aliphatic carbocycles. The summed E-state index contributed by atoms with van der Waals surface area (Å²) in [6, 6.07) is -2.68. The molecular formula is C17H19Cl6N3O6S2. The van der Waals surface area contributed by atoms with E-state index in [9.17, 15) is 19.2 Å². The van der Waals surface area contributed by atoms with Crippen molar-refractivity contribution in [3.05, 3.63) is 0 Å². The lowest BCUT2D eigenvalue weighted by molar-refractivity contribution is -0.164. The number of nitrogens with zero attached hydrogens (tertiary/aromatic N) is 2. The maximum Gasteiger partial charge on any atom is 0.411 e. The minimum Gasteiger partial charge on any atom is -0.460 e. The van der Waals surface area contributed by atoms with Gasteiger partial charge < -0.3 is 19.7 Å². The third-order valence-corrected chi connectivity index (χ3v) is 8.36. The molecule has 1 N–H and O–H groups in total. The summed E-state index contributed by atoms with van der Waals surface area (Å²) in [5.41, 5.74) is 0. The number of alkyl halides is 6. The Morgan fingerprint density at radius 1 is 1.09 bits per heavy atom. The Bertz CT molecular complexity index is 870. The van der Waals surface area contributed by atoms with Gasteiger partial charge in [0.25, 0.3) is 0 Å². The number of hydrogen-bond acceptors (Lipinski definition) is 8. The van der Waals surface area contributed by atoms with Crippen LogP contribution in [0.15, 0.2) is 0 Å². The van der Waals surface area contributed by atoms with Crippen molar-refractivity contribution in [1.82, 2.24) is 15.1 Å². The summed E-state index contributed by atoms with van der Waals surface area (Å²) in [6.07, 6.45) is -0.814. The second kappa shape index (κ2) is 10.5. The van der Waals surface area contributed by atoms with Crippen LogP contribution in [0.25, 0.3) is 0 Å². The van der Waals surface area contributed by atoms with Crippen molar-refractivity contribution in [2.24, 2.45) is 0 Å². The Morgan fingerprint density at radius 3 is 2.26 bits per heavy atom. The van der Waals surface area contributed by atoms with Crippen molar-refractivity contribution in [1.29, 1.82) is 0 Å². The van der Waals surface area contributed by atoms with E-state index in [0.717, 1.165) is 0 Å². The van der Waals surface area contributed by atoms with Crippen molar-refractivity contribution >= 4 is 117 Å². The van der Waals surface area contributed by atoms with Gasteiger partial charge in [-0.15, -0.1) is 23.5 Å². The summed E-state index contributed by atoms with van der Waals surface area (Å²) in [4.78, 5) is 53.3. The summed E-state index contributed by atoms with van der Waals surface area (Å²) in [7, 11) is 0. The first-order valence-corrected chi connectivity index (χ1v) is 13.9. The van der Waals surface area contributed by atoms with Gasteiger partial charge in [-0.05, 0) is 13.8 Å². The second-order valence-corrected chi connectivity index (χ2v) is 15.9. The maximum absolute atomic E-state index is 12.9. The Balaban J connectivity index is 1.62. The van der Waals surface area contributed by atoms with Crippen LogP contribution in [0.5, 0.6) is 0 Å². The van der Waals surface area contributed by atoms with Gasteiger partial charge in [0.15, 0.2) is 0 Å². The Morgan fingerprint density at radius 2 is 1.68 bits per heavy atom. The van der Waals surface area contributed by atoms with Crippen molar-refractivity contribution in [2.75, 3.05) is 24.8 Å². The largest absolute Gasteiger partial charge is 0.460 e. The standard InChI is InChI=1S/C17H19Cl6N3O6S2/c1-15(2)9(13(29)31-4-16(18,19)20)26-11(28)8(12(26)34-15)24-10(27)7-3-33-6-25(7)14(30)32-5-17(21,22)23/h7-9,12H,3-6H2,1-2H3,(H,24,27)/t7?,8-,9+,12-/m1/s1. The van der Waals surface area contributed by atoms with Crippen LogP contribution in [0.2, 0.25) is 0 Å². The molecule has 3 heterocycles. The van der Waals surface area contributed by atoms with Gasteiger partial charge in [0, 0.05) is 10.5 Å². The van der Waals surface area contributed by atoms with E-state index in [1.54, 1.807) is 13.8 Å². The van der Waals surface area contributed by atoms with E-state index >= 15 is 0 Å². The zero-order valence-corrected chi connectivity index (χ0v) is 23.7. The second-order valence-electron chi connectivity index (χ2n) is 8.12. The molecule has 9 nitrogen and oxygen atoms in total. The topological polar surface area (TPSA) is 105 Å². The zero-order valence-electron chi connectivity index (χ0n) is 17.6. The summed E-state index contributed by atoms with van der Waals surface area (Å²) in [5.74, 6) is -1.20. The Hall–Kier alpha value is 0.120. The number of hydrogen-bond donors (Lipinski definition) is 1. The van der Waals surface area contributed by atoms with E-state index in [0.29, 0.717) is 5.75 Å². The van der Waals surface area contributed by atoms with Crippen molar-refractivity contribution in [3.63, 3.8) is 0 Å². The molecule has 0 radical (unpaired) electrons. The molecule has 3 fully saturated rings. The highest BCUT2D eigenvalue weighted by Crippen LogP contribution is 2.51. The molecule has 17 heteroatoms. The molecule has 3 aliphatic rings. The number of carbonyl (C=O) groups is 4. The average molecular weight is 638 g/mol. The predicted molar refractivity (Wildman–Crippen MR) is 134 cm³/mol. The van der Waals surface area contributed by atoms with Crippen LogP contribution < -0.4 is 5.32 Å². The monoisotopic (exact) mass is 635 g/mol. The number of fused-ring (bicyclic) bond motifs is 1. The van der Waals surface area contributed by atoms with Gasteiger partial charge in [0.05, 0.1) is 5.88 Å². The SMILES string of the molecule is CC1(C)S[C@@H]2[C@H](NC(=O)C3CSCN3C(=O)OCC(Cl)(Cl)Cl)C(=O)N2[C@H]1C(=O)OCC(Cl)(Cl)Cl. The molecular weight excluding hydrogens is 619 g/mol. The molecule has 3 amide bonds. The van der Waals surface area contributed by atoms with E-state index in [2.05, 4.69) is 5.32 Å². The van der Waals surface area contributed by atoms with Crippen LogP contribution >= 0.6 is 93.1 Å². The summed E-state index contributed by atoms with van der Waals surface area (Å²) >= 11 is 36.4. The van der Waals surface area contributed by atoms with Crippen molar-refractivity contribution in [2.45, 2.75) is 49.7 Å². The number of β-lactam (4-membered cyclic amide) rings is 1. The number of thioether (sulfide) groups is 2. The third-order valence-electron chi connectivity index (χ3n) is 5.12. The van der Waals surface area contributed by atoms with Gasteiger partial charge >= 0.3 is 12.1 Å². The number of amides is 3. The summed E-state index contributed by atoms with van der Waals surface area (Å²) in [5, 5.41) is 2.18. The molecule has 192 valence electrons. The van der Waals surface area contributed by atoms with Crippen LogP contribution in [0.3, 0.4) is 0 Å². The molecule has 1 unspecified atom stereocenters. The van der Waals surface area contributed by atoms with E-state index in [1.807, 2.05) is 0 Å². The molecule has 0 saturated carbocycles. The number of nitrogens with one attached hydrogen (secondary N) is 1. The zero-order chi connectivity index (χ0) is 25.6. The fourth-order valence-electron chi connectivity index (χ4n) is 3.67. The lowest BCUT2D eigenvalue weighted by atomic mass is 9.96. The Kier molecular flexibility index (Phi) is 8.84. The van der Waals surface area contributed by atoms with Crippen LogP contribution in [-0.2, 0) is 23.9 Å². The van der Waals surface area contributed by atoms with Crippen molar-refractivity contribution in [3.8, 4) is 0 Å². The van der Waals surface area contributed by atoms with Crippen LogP contribution in [-0.4, -0.2) is 94.4 Å². The fourth-order valence-corrected chi connectivity index (χ4v) is 6.76. The highest BCUT2D eigenvalue weighted by molar-refractivity contribution is 8.01. The molecule has 4 atom stereocenters. The maximum atomic E-state index is 12.9. The number of carbonyl (C=O) groups excluding carboxylic acids is 4. The first-order chi connectivity index (χ1) is 15.5. The highest BCUT2D eigenvalue weighted by Gasteiger charge is 2.64. The van der Waals surface area contributed by atoms with E-state index in [-0.39, 0.29) is 5.88 Å². The first-order valence-electron chi connectivity index (χ1n) is 9.63. The third kappa shape index (κ3) is 6.51. The number of ether oxygens (including phenoxy) is 2. The molecule has 3 aliphatic heterocycles. The highest BCUT2D eigenvalue weighted by atomic mass is 35.6. The molecule has 3 rings (SSSR count). The van der Waals surface area contributed by atoms with Gasteiger partial charge in [-0.25, -0.2) is 9.59 Å². The van der Waals surface area contributed by atoms with E-state index in [4.69, 9.17) is 79.1 Å². The molecule has 3 saturated heterocycles. The minimum atomic E-state index is -1.79. The van der Waals surface area contributed by atoms with Crippen LogP contribution in [0, 0.1) is 0 Å². The van der Waals surface area contributed by atoms with Gasteiger partial charge in [-0.2, -0.15) is 0 Å². The molecule has 34 heavy (non-hydrogen) atoms. The molecule has 0 aromatic heterocycles. The molecule has 0 spiro atoms. The smallest absolute Gasteiger partial charge is 0.411 e. The average Bonchev–Trinajstić information content (AvgIpc) is 3.28. The van der Waals surface area contributed by atoms with E-state index in [1.165, 1.54) is 33.3 Å². The molecule has 0 bridgehead atoms. The lowest BCUT2D eigenvalue weighted by Crippen LogP contribution is -2.71. The van der Waals surface area contributed by atoms with Crippen LogP contribution in [0.4, 0.5) is 4.79 Å². The Labute approximate surface area is 234 Å². The number of halogens is 6. The van der Waals surface area contributed by atoms with Gasteiger partial charge in [0.2, 0.25) is 19.4 Å². The summed E-state index contributed by atoms with van der Waals surface area (Å²) in [6.45, 7) is 2.61. The first kappa shape index (κ1) is 28.7. The van der Waals surface area contributed by atoms with Gasteiger partial charge in [-0.3, -0.25) is 14.5 Å². The number of rotatable bonds is 5. The summed E-state index contributed by atoms with van der Waals surface area (Å²) < 4.78 is 5.76. The van der Waals surface area contributed by atoms with Crippen molar-refractivity contribution < 1.29 is 28.7 Å². The predicted octanol–water partition coefficient (Wildman–Crippen LogP) is 3.33. The lowest BCUT2D eigenvalue weighted by Gasteiger charge is -2.44. The van der Waals surface area contributed by atoms with Gasteiger partial charge in [-0.1, -0.05) is 69.6 Å².